The minimum Gasteiger partial charge on any atom is -0.350 e. The first-order chi connectivity index (χ1) is 8.08. The molecule has 1 aliphatic heterocycles. The Morgan fingerprint density at radius 2 is 1.76 bits per heavy atom. The molecule has 1 aromatic carbocycles. The van der Waals surface area contributed by atoms with Crippen molar-refractivity contribution in [2.75, 3.05) is 0 Å². The predicted molar refractivity (Wildman–Crippen MR) is 67.2 cm³/mol. The number of fused-ring (bicyclic) bond motifs is 3. The van der Waals surface area contributed by atoms with Crippen molar-refractivity contribution >= 4 is 54.6 Å². The Morgan fingerprint density at radius 1 is 1.06 bits per heavy atom. The molecule has 0 radical (unpaired) electrons. The van der Waals surface area contributed by atoms with Crippen LogP contribution < -0.4 is 0 Å². The van der Waals surface area contributed by atoms with Crippen molar-refractivity contribution in [1.82, 2.24) is 4.98 Å². The molecule has 7 heteroatoms. The molecule has 2 heterocycles. The van der Waals surface area contributed by atoms with E-state index in [0.717, 1.165) is 8.95 Å². The van der Waals surface area contributed by atoms with Gasteiger partial charge in [-0.25, -0.2) is 0 Å². The van der Waals surface area contributed by atoms with Gasteiger partial charge in [0.15, 0.2) is 0 Å². The quantitative estimate of drug-likeness (QED) is 0.785. The Labute approximate surface area is 112 Å². The number of nitrogens with one attached hydrogen (secondary N) is 1. The first kappa shape index (κ1) is 10.8. The van der Waals surface area contributed by atoms with Crippen LogP contribution >= 0.6 is 31.9 Å². The standard InChI is InChI=1S/C10H3Br2N3O2/c11-3-1-4(12)6-5(2-3)13-8-7(6)9(16)14-15-10(8)17/h1-2,13H. The largest absolute Gasteiger partial charge is 0.350 e. The zero-order valence-electron chi connectivity index (χ0n) is 8.12. The van der Waals surface area contributed by atoms with Gasteiger partial charge in [0, 0.05) is 19.8 Å². The maximum Gasteiger partial charge on any atom is 0.312 e. The number of benzene rings is 1. The molecule has 1 N–H and O–H groups in total. The van der Waals surface area contributed by atoms with Gasteiger partial charge in [0.2, 0.25) is 0 Å². The van der Waals surface area contributed by atoms with Gasteiger partial charge in [0.05, 0.1) is 5.56 Å². The average molecular weight is 357 g/mol. The van der Waals surface area contributed by atoms with E-state index in [4.69, 9.17) is 0 Å². The van der Waals surface area contributed by atoms with E-state index >= 15 is 0 Å². The molecule has 5 nitrogen and oxygen atoms in total. The molecular formula is C10H3Br2N3O2. The summed E-state index contributed by atoms with van der Waals surface area (Å²) >= 11 is 6.71. The van der Waals surface area contributed by atoms with Gasteiger partial charge in [-0.3, -0.25) is 9.59 Å². The smallest absolute Gasteiger partial charge is 0.312 e. The van der Waals surface area contributed by atoms with Gasteiger partial charge in [0.1, 0.15) is 5.69 Å². The van der Waals surface area contributed by atoms with E-state index < -0.39 is 11.8 Å². The second kappa shape index (κ2) is 3.58. The lowest BCUT2D eigenvalue weighted by Crippen LogP contribution is -2.09. The number of hydrogen-bond acceptors (Lipinski definition) is 2. The molecule has 0 aliphatic carbocycles. The highest BCUT2D eigenvalue weighted by molar-refractivity contribution is 9.11. The lowest BCUT2D eigenvalue weighted by molar-refractivity contribution is 0.0919. The molecule has 0 fully saturated rings. The summed E-state index contributed by atoms with van der Waals surface area (Å²) in [7, 11) is 0. The minimum absolute atomic E-state index is 0.193. The van der Waals surface area contributed by atoms with E-state index in [1.54, 1.807) is 12.1 Å². The Balaban J connectivity index is 2.49. The number of H-pyrrole nitrogens is 1. The van der Waals surface area contributed by atoms with Crippen molar-refractivity contribution in [3.8, 4) is 0 Å². The number of aromatic nitrogens is 1. The second-order valence-electron chi connectivity index (χ2n) is 3.50. The van der Waals surface area contributed by atoms with Gasteiger partial charge >= 0.3 is 5.91 Å². The van der Waals surface area contributed by atoms with Gasteiger partial charge < -0.3 is 4.98 Å². The summed E-state index contributed by atoms with van der Waals surface area (Å²) in [6.07, 6.45) is 0. The monoisotopic (exact) mass is 355 g/mol. The van der Waals surface area contributed by atoms with Crippen molar-refractivity contribution in [3.63, 3.8) is 0 Å². The van der Waals surface area contributed by atoms with E-state index in [2.05, 4.69) is 47.1 Å². The molecule has 1 aromatic heterocycles. The molecule has 1 aliphatic rings. The maximum absolute atomic E-state index is 11.7. The number of nitrogens with zero attached hydrogens (tertiary/aromatic N) is 2. The molecule has 17 heavy (non-hydrogen) atoms. The lowest BCUT2D eigenvalue weighted by Gasteiger charge is -2.01. The highest BCUT2D eigenvalue weighted by atomic mass is 79.9. The van der Waals surface area contributed by atoms with Crippen LogP contribution in [-0.2, 0) is 0 Å². The van der Waals surface area contributed by atoms with Crippen molar-refractivity contribution in [3.05, 3.63) is 32.3 Å². The van der Waals surface area contributed by atoms with E-state index in [-0.39, 0.29) is 11.3 Å². The number of hydrogen-bond donors (Lipinski definition) is 1. The normalized spacial score (nSPS) is 14.5. The van der Waals surface area contributed by atoms with Crippen LogP contribution in [0.2, 0.25) is 0 Å². The van der Waals surface area contributed by atoms with Gasteiger partial charge in [-0.2, -0.15) is 0 Å². The third-order valence-electron chi connectivity index (χ3n) is 2.47. The third kappa shape index (κ3) is 1.49. The Bertz CT molecular complexity index is 718. The molecule has 0 atom stereocenters. The summed E-state index contributed by atoms with van der Waals surface area (Å²) in [6, 6.07) is 3.60. The van der Waals surface area contributed by atoms with E-state index in [1.807, 2.05) is 0 Å². The molecule has 2 amide bonds. The molecule has 0 saturated heterocycles. The summed E-state index contributed by atoms with van der Waals surface area (Å²) in [5, 5.41) is 7.25. The van der Waals surface area contributed by atoms with Crippen LogP contribution in [-0.4, -0.2) is 16.8 Å². The number of aromatic amines is 1. The number of amides is 2. The molecule has 0 bridgehead atoms. The molecule has 84 valence electrons. The Kier molecular flexibility index (Phi) is 2.27. The summed E-state index contributed by atoms with van der Waals surface area (Å²) in [5.74, 6) is -1.03. The number of carbonyl (C=O) groups excluding carboxylic acids is 2. The van der Waals surface area contributed by atoms with E-state index in [1.165, 1.54) is 0 Å². The Morgan fingerprint density at radius 3 is 2.53 bits per heavy atom. The maximum atomic E-state index is 11.7. The van der Waals surface area contributed by atoms with Gasteiger partial charge in [-0.15, -0.1) is 10.2 Å². The van der Waals surface area contributed by atoms with Crippen LogP contribution in [0.5, 0.6) is 0 Å². The zero-order valence-corrected chi connectivity index (χ0v) is 11.3. The van der Waals surface area contributed by atoms with Gasteiger partial charge in [-0.1, -0.05) is 31.9 Å². The van der Waals surface area contributed by atoms with Crippen molar-refractivity contribution in [2.24, 2.45) is 10.2 Å². The highest BCUT2D eigenvalue weighted by Crippen LogP contribution is 2.34. The highest BCUT2D eigenvalue weighted by Gasteiger charge is 2.28. The van der Waals surface area contributed by atoms with E-state index in [9.17, 15) is 9.59 Å². The average Bonchev–Trinajstić information content (AvgIpc) is 2.64. The van der Waals surface area contributed by atoms with Crippen LogP contribution in [0.1, 0.15) is 20.8 Å². The van der Waals surface area contributed by atoms with Crippen molar-refractivity contribution in [1.29, 1.82) is 0 Å². The van der Waals surface area contributed by atoms with Crippen LogP contribution in [0.25, 0.3) is 10.9 Å². The zero-order chi connectivity index (χ0) is 12.2. The number of carbonyl (C=O) groups is 2. The summed E-state index contributed by atoms with van der Waals surface area (Å²) in [6.45, 7) is 0. The van der Waals surface area contributed by atoms with Crippen LogP contribution in [0.4, 0.5) is 0 Å². The molecular weight excluding hydrogens is 354 g/mol. The number of rotatable bonds is 0. The van der Waals surface area contributed by atoms with E-state index in [0.29, 0.717) is 10.9 Å². The fraction of sp³-hybridized carbons (Fsp3) is 0. The number of azo groups is 1. The molecule has 3 rings (SSSR count). The van der Waals surface area contributed by atoms with Crippen molar-refractivity contribution < 1.29 is 9.59 Å². The Hall–Kier alpha value is -1.34. The summed E-state index contributed by atoms with van der Waals surface area (Å²) in [4.78, 5) is 26.1. The lowest BCUT2D eigenvalue weighted by atomic mass is 10.1. The van der Waals surface area contributed by atoms with Gasteiger partial charge in [0.25, 0.3) is 5.91 Å². The predicted octanol–water partition coefficient (Wildman–Crippen LogP) is 3.44. The SMILES string of the molecule is O=C1N=NC(=O)c2c1[nH]c1cc(Br)cc(Br)c21. The molecule has 2 aromatic rings. The first-order valence-electron chi connectivity index (χ1n) is 4.59. The topological polar surface area (TPSA) is 74.7 Å². The van der Waals surface area contributed by atoms with Crippen LogP contribution in [0.15, 0.2) is 31.3 Å². The van der Waals surface area contributed by atoms with Crippen molar-refractivity contribution in [2.45, 2.75) is 0 Å². The minimum atomic E-state index is -0.529. The summed E-state index contributed by atoms with van der Waals surface area (Å²) in [5.41, 5.74) is 1.16. The fourth-order valence-corrected chi connectivity index (χ4v) is 3.24. The molecule has 0 saturated carbocycles. The summed E-state index contributed by atoms with van der Waals surface area (Å²) < 4.78 is 1.56. The first-order valence-corrected chi connectivity index (χ1v) is 6.17. The number of halogens is 2. The van der Waals surface area contributed by atoms with Crippen LogP contribution in [0, 0.1) is 0 Å². The third-order valence-corrected chi connectivity index (χ3v) is 3.56. The fourth-order valence-electron chi connectivity index (χ4n) is 1.81. The van der Waals surface area contributed by atoms with Gasteiger partial charge in [-0.05, 0) is 12.1 Å². The molecule has 0 unspecified atom stereocenters. The second-order valence-corrected chi connectivity index (χ2v) is 5.27. The molecule has 0 spiro atoms. The van der Waals surface area contributed by atoms with Crippen LogP contribution in [0.3, 0.4) is 0 Å².